The fourth-order valence-electron chi connectivity index (χ4n) is 5.57. The van der Waals surface area contributed by atoms with E-state index in [0.29, 0.717) is 46.1 Å². The van der Waals surface area contributed by atoms with Gasteiger partial charge in [0.15, 0.2) is 0 Å². The molecule has 1 aliphatic heterocycles. The predicted molar refractivity (Wildman–Crippen MR) is 154 cm³/mol. The number of aryl methyl sites for hydroxylation is 1. The average molecular weight is 601 g/mol. The Hall–Kier alpha value is -3.88. The van der Waals surface area contributed by atoms with Crippen LogP contribution < -0.4 is 16.0 Å². The van der Waals surface area contributed by atoms with Crippen molar-refractivity contribution in [3.63, 3.8) is 0 Å². The van der Waals surface area contributed by atoms with E-state index >= 15 is 0 Å². The second kappa shape index (κ2) is 11.8. The number of ether oxygens (including phenoxy) is 3. The molecular weight excluding hydrogens is 567 g/mol. The van der Waals surface area contributed by atoms with Crippen molar-refractivity contribution in [1.82, 2.24) is 29.0 Å². The number of thiophene rings is 1. The van der Waals surface area contributed by atoms with Crippen LogP contribution in [-0.4, -0.2) is 76.0 Å². The number of piperidine rings is 1. The highest BCUT2D eigenvalue weighted by Gasteiger charge is 2.43. The molecule has 0 radical (unpaired) electrons. The summed E-state index contributed by atoms with van der Waals surface area (Å²) in [5.41, 5.74) is -1.69. The lowest BCUT2D eigenvalue weighted by molar-refractivity contribution is -0.142. The second-order valence-corrected chi connectivity index (χ2v) is 11.4. The number of methoxy groups -OCH3 is 2. The first-order chi connectivity index (χ1) is 20.1. The zero-order valence-electron chi connectivity index (χ0n) is 24.1. The van der Waals surface area contributed by atoms with Crippen LogP contribution in [-0.2, 0) is 26.4 Å². The van der Waals surface area contributed by atoms with Crippen LogP contribution >= 0.6 is 11.3 Å². The molecule has 0 N–H and O–H groups in total. The summed E-state index contributed by atoms with van der Waals surface area (Å²) >= 11 is 1.18. The van der Waals surface area contributed by atoms with Crippen molar-refractivity contribution in [2.45, 2.75) is 44.9 Å². The van der Waals surface area contributed by atoms with Gasteiger partial charge >= 0.3 is 5.69 Å². The lowest BCUT2D eigenvalue weighted by Crippen LogP contribution is -2.59. The topological polar surface area (TPSA) is 123 Å². The Kier molecular flexibility index (Phi) is 8.30. The first kappa shape index (κ1) is 29.6. The monoisotopic (exact) mass is 600 g/mol. The lowest BCUT2D eigenvalue weighted by atomic mass is 9.89. The molecule has 3 aromatic heterocycles. The van der Waals surface area contributed by atoms with E-state index in [1.165, 1.54) is 70.4 Å². The SMILES string of the molecule is COCCO[C@@H](Cn1c(=O)n([C@@]2(C)CCCN(C)C2=O)c(=O)c2c(C)c(-n3nccn3)sc21)c1cc(F)ccc1OC. The third-order valence-corrected chi connectivity index (χ3v) is 9.02. The Morgan fingerprint density at radius 3 is 2.57 bits per heavy atom. The molecule has 4 heterocycles. The van der Waals surface area contributed by atoms with Gasteiger partial charge in [-0.2, -0.15) is 10.2 Å². The number of hydrogen-bond acceptors (Lipinski definition) is 9. The highest BCUT2D eigenvalue weighted by molar-refractivity contribution is 7.21. The highest BCUT2D eigenvalue weighted by atomic mass is 32.1. The van der Waals surface area contributed by atoms with Gasteiger partial charge in [0.25, 0.3) is 5.56 Å². The first-order valence-corrected chi connectivity index (χ1v) is 14.3. The van der Waals surface area contributed by atoms with Crippen LogP contribution in [0.15, 0.2) is 40.2 Å². The van der Waals surface area contributed by atoms with Gasteiger partial charge in [-0.3, -0.25) is 14.2 Å². The van der Waals surface area contributed by atoms with Gasteiger partial charge in [-0.1, -0.05) is 11.3 Å². The summed E-state index contributed by atoms with van der Waals surface area (Å²) in [6.07, 6.45) is 3.10. The quantitative estimate of drug-likeness (QED) is 0.255. The molecule has 5 rings (SSSR count). The van der Waals surface area contributed by atoms with Crippen LogP contribution in [0, 0.1) is 12.7 Å². The molecule has 14 heteroatoms. The molecule has 1 fully saturated rings. The van der Waals surface area contributed by atoms with Crippen molar-refractivity contribution >= 4 is 27.5 Å². The Morgan fingerprint density at radius 1 is 1.14 bits per heavy atom. The molecule has 0 bridgehead atoms. The highest BCUT2D eigenvalue weighted by Crippen LogP contribution is 2.35. The molecule has 4 aromatic rings. The minimum absolute atomic E-state index is 0.106. The van der Waals surface area contributed by atoms with Crippen molar-refractivity contribution in [3.05, 3.63) is 68.4 Å². The second-order valence-electron chi connectivity index (χ2n) is 10.4. The number of aromatic nitrogens is 5. The minimum Gasteiger partial charge on any atom is -0.496 e. The number of benzene rings is 1. The normalized spacial score (nSPS) is 18.1. The molecule has 0 unspecified atom stereocenters. The van der Waals surface area contributed by atoms with Gasteiger partial charge in [-0.15, -0.1) is 4.80 Å². The van der Waals surface area contributed by atoms with E-state index in [1.807, 2.05) is 0 Å². The van der Waals surface area contributed by atoms with E-state index in [2.05, 4.69) is 10.2 Å². The Bertz CT molecular complexity index is 1730. The number of carbonyl (C=O) groups excluding carboxylic acids is 1. The van der Waals surface area contributed by atoms with E-state index < -0.39 is 28.7 Å². The largest absolute Gasteiger partial charge is 0.496 e. The number of nitrogens with zero attached hydrogens (tertiary/aromatic N) is 6. The number of hydrogen-bond donors (Lipinski definition) is 0. The third kappa shape index (κ3) is 5.03. The number of rotatable bonds is 10. The summed E-state index contributed by atoms with van der Waals surface area (Å²) in [4.78, 5) is 45.4. The molecule has 12 nitrogen and oxygen atoms in total. The molecule has 1 aromatic carbocycles. The lowest BCUT2D eigenvalue weighted by Gasteiger charge is -2.38. The van der Waals surface area contributed by atoms with Crippen molar-refractivity contribution < 1.29 is 23.4 Å². The van der Waals surface area contributed by atoms with Crippen molar-refractivity contribution in [3.8, 4) is 10.8 Å². The number of amides is 1. The molecule has 224 valence electrons. The van der Waals surface area contributed by atoms with Gasteiger partial charge in [0.1, 0.15) is 33.0 Å². The van der Waals surface area contributed by atoms with Crippen molar-refractivity contribution in [2.24, 2.45) is 0 Å². The van der Waals surface area contributed by atoms with Crippen LogP contribution in [0.2, 0.25) is 0 Å². The summed E-state index contributed by atoms with van der Waals surface area (Å²) in [7, 11) is 4.66. The maximum absolute atomic E-state index is 14.5. The van der Waals surface area contributed by atoms with Gasteiger partial charge < -0.3 is 19.1 Å². The van der Waals surface area contributed by atoms with E-state index in [1.54, 1.807) is 20.9 Å². The van der Waals surface area contributed by atoms with Gasteiger partial charge in [0.2, 0.25) is 5.91 Å². The molecule has 0 saturated carbocycles. The summed E-state index contributed by atoms with van der Waals surface area (Å²) in [5.74, 6) is -0.451. The smallest absolute Gasteiger partial charge is 0.333 e. The van der Waals surface area contributed by atoms with Gasteiger partial charge in [-0.05, 0) is 44.9 Å². The fraction of sp³-hybridized carbons (Fsp3) is 0.464. The molecule has 0 spiro atoms. The van der Waals surface area contributed by atoms with Gasteiger partial charge in [0, 0.05) is 31.8 Å². The summed E-state index contributed by atoms with van der Waals surface area (Å²) in [6.45, 7) is 4.21. The van der Waals surface area contributed by atoms with Crippen molar-refractivity contribution in [2.75, 3.05) is 41.0 Å². The predicted octanol–water partition coefficient (Wildman–Crippen LogP) is 2.63. The zero-order chi connectivity index (χ0) is 30.2. The number of likely N-dealkylation sites (tertiary alicyclic amines) is 1. The number of carbonyl (C=O) groups is 1. The Labute approximate surface area is 244 Å². The molecule has 42 heavy (non-hydrogen) atoms. The van der Waals surface area contributed by atoms with Crippen LogP contribution in [0.25, 0.3) is 15.2 Å². The van der Waals surface area contributed by atoms with Crippen LogP contribution in [0.5, 0.6) is 5.75 Å². The molecule has 1 aliphatic rings. The average Bonchev–Trinajstić information content (AvgIpc) is 3.61. The number of fused-ring (bicyclic) bond motifs is 1. The maximum atomic E-state index is 14.5. The molecule has 2 atom stereocenters. The molecular formula is C28H33FN6O6S. The van der Waals surface area contributed by atoms with Crippen LogP contribution in [0.4, 0.5) is 4.39 Å². The number of halogens is 1. The van der Waals surface area contributed by atoms with Crippen LogP contribution in [0.1, 0.15) is 37.0 Å². The minimum atomic E-state index is -1.40. The standard InChI is InChI=1S/C28H33FN6O6S/c1-17-22-23(36)34(28(2)9-6-12-32(3)26(28)37)27(38)33(25(22)42-24(17)35-30-10-11-31-35)16-21(41-14-13-39-4)19-15-18(29)7-8-20(19)40-5/h7-8,10-11,15,21H,6,9,12-14,16H2,1-5H3/t21-,28-/m0/s1. The Morgan fingerprint density at radius 2 is 1.88 bits per heavy atom. The van der Waals surface area contributed by atoms with E-state index in [9.17, 15) is 18.8 Å². The first-order valence-electron chi connectivity index (χ1n) is 13.5. The van der Waals surface area contributed by atoms with Crippen LogP contribution in [0.3, 0.4) is 0 Å². The number of likely N-dealkylation sites (N-methyl/N-ethyl adjacent to an activating group) is 1. The van der Waals surface area contributed by atoms with E-state index in [0.717, 1.165) is 4.57 Å². The van der Waals surface area contributed by atoms with E-state index in [4.69, 9.17) is 14.2 Å². The van der Waals surface area contributed by atoms with Gasteiger partial charge in [0.05, 0.1) is 44.6 Å². The summed E-state index contributed by atoms with van der Waals surface area (Å²) in [5, 5.41) is 9.28. The fourth-order valence-corrected chi connectivity index (χ4v) is 6.79. The third-order valence-electron chi connectivity index (χ3n) is 7.74. The summed E-state index contributed by atoms with van der Waals surface area (Å²) < 4.78 is 33.8. The molecule has 0 aliphatic carbocycles. The molecule has 1 amide bonds. The van der Waals surface area contributed by atoms with E-state index in [-0.39, 0.29) is 31.1 Å². The van der Waals surface area contributed by atoms with Gasteiger partial charge in [-0.25, -0.2) is 13.8 Å². The molecule has 1 saturated heterocycles. The zero-order valence-corrected chi connectivity index (χ0v) is 24.9. The Balaban J connectivity index is 1.79. The summed E-state index contributed by atoms with van der Waals surface area (Å²) in [6, 6.07) is 4.07. The maximum Gasteiger partial charge on any atom is 0.333 e. The van der Waals surface area contributed by atoms with Crippen molar-refractivity contribution in [1.29, 1.82) is 0 Å².